The van der Waals surface area contributed by atoms with Crippen molar-refractivity contribution in [3.05, 3.63) is 0 Å². The maximum absolute atomic E-state index is 11.7. The van der Waals surface area contributed by atoms with Gasteiger partial charge in [-0.2, -0.15) is 0 Å². The molecule has 0 heterocycles. The molecule has 1 saturated carbocycles. The van der Waals surface area contributed by atoms with Crippen molar-refractivity contribution in [1.29, 1.82) is 0 Å². The summed E-state index contributed by atoms with van der Waals surface area (Å²) in [5.74, 6) is 1.02. The van der Waals surface area contributed by atoms with Crippen LogP contribution in [0, 0.1) is 24.2 Å². The van der Waals surface area contributed by atoms with Crippen LogP contribution in [-0.2, 0) is 9.59 Å². The topological polar surface area (TPSA) is 66.4 Å². The maximum Gasteiger partial charge on any atom is 0.306 e. The molecule has 0 spiro atoms. The average molecular weight is 223 g/mol. The Morgan fingerprint density at radius 3 is 2.56 bits per heavy atom. The highest BCUT2D eigenvalue weighted by Crippen LogP contribution is 2.31. The van der Waals surface area contributed by atoms with Crippen molar-refractivity contribution in [2.75, 3.05) is 0 Å². The number of terminal acetylenes is 1. The van der Waals surface area contributed by atoms with E-state index in [0.29, 0.717) is 25.7 Å². The van der Waals surface area contributed by atoms with Gasteiger partial charge in [0.15, 0.2) is 0 Å². The molecule has 4 heteroatoms. The van der Waals surface area contributed by atoms with Crippen LogP contribution >= 0.6 is 0 Å². The highest BCUT2D eigenvalue weighted by molar-refractivity contribution is 5.81. The minimum Gasteiger partial charge on any atom is -0.481 e. The van der Waals surface area contributed by atoms with Crippen molar-refractivity contribution in [1.82, 2.24) is 5.32 Å². The molecule has 0 aromatic carbocycles. The fourth-order valence-electron chi connectivity index (χ4n) is 2.00. The summed E-state index contributed by atoms with van der Waals surface area (Å²) in [5, 5.41) is 11.6. The Balaban J connectivity index is 2.45. The van der Waals surface area contributed by atoms with Crippen LogP contribution in [0.25, 0.3) is 0 Å². The van der Waals surface area contributed by atoms with E-state index in [4.69, 9.17) is 11.5 Å². The van der Waals surface area contributed by atoms with Crippen molar-refractivity contribution < 1.29 is 14.7 Å². The molecular weight excluding hydrogens is 206 g/mol. The number of carboxylic acid groups (broad SMARTS) is 1. The molecule has 0 aliphatic heterocycles. The van der Waals surface area contributed by atoms with Gasteiger partial charge in [0, 0.05) is 5.92 Å². The number of carbonyl (C=O) groups excluding carboxylic acids is 1. The first-order valence-corrected chi connectivity index (χ1v) is 5.57. The highest BCUT2D eigenvalue weighted by atomic mass is 16.4. The van der Waals surface area contributed by atoms with Gasteiger partial charge in [-0.25, -0.2) is 0 Å². The number of nitrogens with one attached hydrogen (secondary N) is 1. The second kappa shape index (κ2) is 5.55. The summed E-state index contributed by atoms with van der Waals surface area (Å²) in [6.07, 6.45) is 7.60. The summed E-state index contributed by atoms with van der Waals surface area (Å²) in [6.45, 7) is 1.90. The van der Waals surface area contributed by atoms with E-state index in [1.54, 1.807) is 0 Å². The molecule has 4 nitrogen and oxygen atoms in total. The van der Waals surface area contributed by atoms with E-state index in [0.717, 1.165) is 0 Å². The lowest BCUT2D eigenvalue weighted by Crippen LogP contribution is -2.37. The summed E-state index contributed by atoms with van der Waals surface area (Å²) in [6, 6.07) is -0.239. The number of carbonyl (C=O) groups is 2. The normalized spacial score (nSPS) is 25.8. The monoisotopic (exact) mass is 223 g/mol. The van der Waals surface area contributed by atoms with Gasteiger partial charge in [-0.05, 0) is 25.7 Å². The SMILES string of the molecule is C#CC(CC)NC(=O)[C@@H]1CC[C@H](C(=O)O)C1. The second-order valence-corrected chi connectivity index (χ2v) is 4.18. The molecule has 1 fully saturated rings. The lowest BCUT2D eigenvalue weighted by Gasteiger charge is -2.14. The minimum atomic E-state index is -0.806. The Morgan fingerprint density at radius 2 is 2.12 bits per heavy atom. The molecule has 16 heavy (non-hydrogen) atoms. The zero-order valence-electron chi connectivity index (χ0n) is 9.40. The highest BCUT2D eigenvalue weighted by Gasteiger charge is 2.34. The lowest BCUT2D eigenvalue weighted by molar-refractivity contribution is -0.141. The molecule has 88 valence electrons. The summed E-state index contributed by atoms with van der Waals surface area (Å²) in [4.78, 5) is 22.5. The van der Waals surface area contributed by atoms with Crippen LogP contribution in [0.15, 0.2) is 0 Å². The van der Waals surface area contributed by atoms with Crippen LogP contribution in [0.3, 0.4) is 0 Å². The van der Waals surface area contributed by atoms with E-state index in [-0.39, 0.29) is 23.8 Å². The Labute approximate surface area is 95.4 Å². The van der Waals surface area contributed by atoms with E-state index in [2.05, 4.69) is 11.2 Å². The van der Waals surface area contributed by atoms with Gasteiger partial charge < -0.3 is 10.4 Å². The first-order valence-electron chi connectivity index (χ1n) is 5.57. The molecule has 0 bridgehead atoms. The fraction of sp³-hybridized carbons (Fsp3) is 0.667. The van der Waals surface area contributed by atoms with Crippen LogP contribution in [0.5, 0.6) is 0 Å². The van der Waals surface area contributed by atoms with E-state index in [1.807, 2.05) is 6.92 Å². The summed E-state index contributed by atoms with van der Waals surface area (Å²) >= 11 is 0. The molecule has 3 atom stereocenters. The second-order valence-electron chi connectivity index (χ2n) is 4.18. The molecule has 1 amide bonds. The van der Waals surface area contributed by atoms with Crippen LogP contribution in [-0.4, -0.2) is 23.0 Å². The third kappa shape index (κ3) is 2.99. The molecule has 1 rings (SSSR count). The van der Waals surface area contributed by atoms with Gasteiger partial charge in [0.05, 0.1) is 12.0 Å². The zero-order chi connectivity index (χ0) is 12.1. The van der Waals surface area contributed by atoms with Gasteiger partial charge >= 0.3 is 5.97 Å². The van der Waals surface area contributed by atoms with Gasteiger partial charge in [0.25, 0.3) is 0 Å². The van der Waals surface area contributed by atoms with E-state index >= 15 is 0 Å². The number of hydrogen-bond donors (Lipinski definition) is 2. The molecule has 1 aliphatic carbocycles. The quantitative estimate of drug-likeness (QED) is 0.699. The fourth-order valence-corrected chi connectivity index (χ4v) is 2.00. The first-order chi connectivity index (χ1) is 7.58. The van der Waals surface area contributed by atoms with Crippen LogP contribution in [0.2, 0.25) is 0 Å². The van der Waals surface area contributed by atoms with Gasteiger partial charge in [0.1, 0.15) is 0 Å². The molecule has 0 aromatic rings. The number of carboxylic acids is 1. The number of aliphatic carboxylic acids is 1. The Kier molecular flexibility index (Phi) is 4.36. The summed E-state index contributed by atoms with van der Waals surface area (Å²) in [5.41, 5.74) is 0. The number of hydrogen-bond acceptors (Lipinski definition) is 2. The van der Waals surface area contributed by atoms with E-state index < -0.39 is 5.97 Å². The largest absolute Gasteiger partial charge is 0.481 e. The number of amides is 1. The standard InChI is InChI=1S/C12H17NO3/c1-3-10(4-2)13-11(14)8-5-6-9(7-8)12(15)16/h1,8-10H,4-7H2,2H3,(H,13,14)(H,15,16)/t8-,9+,10?/m1/s1. The summed E-state index contributed by atoms with van der Waals surface area (Å²) < 4.78 is 0. The van der Waals surface area contributed by atoms with Crippen molar-refractivity contribution in [2.24, 2.45) is 11.8 Å². The number of rotatable bonds is 4. The van der Waals surface area contributed by atoms with Crippen molar-refractivity contribution in [3.63, 3.8) is 0 Å². The molecule has 2 N–H and O–H groups in total. The Hall–Kier alpha value is -1.50. The predicted octanol–water partition coefficient (Wildman–Crippen LogP) is 1.02. The minimum absolute atomic E-state index is 0.103. The van der Waals surface area contributed by atoms with Crippen LogP contribution in [0.1, 0.15) is 32.6 Å². The lowest BCUT2D eigenvalue weighted by atomic mass is 10.0. The van der Waals surface area contributed by atoms with Crippen LogP contribution < -0.4 is 5.32 Å². The Morgan fingerprint density at radius 1 is 1.50 bits per heavy atom. The van der Waals surface area contributed by atoms with Gasteiger partial charge in [0.2, 0.25) is 5.91 Å². The van der Waals surface area contributed by atoms with Crippen molar-refractivity contribution in [2.45, 2.75) is 38.6 Å². The third-order valence-corrected chi connectivity index (χ3v) is 3.08. The molecule has 1 aliphatic rings. The van der Waals surface area contributed by atoms with Crippen molar-refractivity contribution in [3.8, 4) is 12.3 Å². The first kappa shape index (κ1) is 12.6. The van der Waals surface area contributed by atoms with Gasteiger partial charge in [-0.15, -0.1) is 6.42 Å². The molecule has 0 saturated heterocycles. The Bertz CT molecular complexity index is 319. The third-order valence-electron chi connectivity index (χ3n) is 3.08. The van der Waals surface area contributed by atoms with Gasteiger partial charge in [-0.1, -0.05) is 12.8 Å². The van der Waals surface area contributed by atoms with E-state index in [9.17, 15) is 9.59 Å². The molecular formula is C12H17NO3. The predicted molar refractivity (Wildman–Crippen MR) is 59.5 cm³/mol. The molecule has 0 radical (unpaired) electrons. The summed E-state index contributed by atoms with van der Waals surface area (Å²) in [7, 11) is 0. The van der Waals surface area contributed by atoms with Gasteiger partial charge in [-0.3, -0.25) is 9.59 Å². The zero-order valence-corrected chi connectivity index (χ0v) is 9.40. The molecule has 0 aromatic heterocycles. The van der Waals surface area contributed by atoms with E-state index in [1.165, 1.54) is 0 Å². The van der Waals surface area contributed by atoms with Crippen molar-refractivity contribution >= 4 is 11.9 Å². The average Bonchev–Trinajstić information content (AvgIpc) is 2.74. The smallest absolute Gasteiger partial charge is 0.306 e. The van der Waals surface area contributed by atoms with Crippen LogP contribution in [0.4, 0.5) is 0 Å². The molecule has 1 unspecified atom stereocenters. The maximum atomic E-state index is 11.7.